The SMILES string of the molecule is COc1ccc(/C=C2\CCCC3C2=NN(C(=O)c2ccc(Br)cc2)C3c2ccc(OC)c(OC)c2)cc1OC. The first-order valence-electron chi connectivity index (χ1n) is 12.8. The van der Waals surface area contributed by atoms with Crippen LogP contribution in [-0.4, -0.2) is 45.1 Å². The molecule has 1 aliphatic heterocycles. The second-order valence-corrected chi connectivity index (χ2v) is 10.4. The normalized spacial score (nSPS) is 19.4. The summed E-state index contributed by atoms with van der Waals surface area (Å²) in [6, 6.07) is 18.8. The van der Waals surface area contributed by atoms with Crippen LogP contribution in [0, 0.1) is 5.92 Å². The molecule has 2 unspecified atom stereocenters. The zero-order valence-electron chi connectivity index (χ0n) is 22.4. The van der Waals surface area contributed by atoms with Gasteiger partial charge in [0.25, 0.3) is 5.91 Å². The van der Waals surface area contributed by atoms with E-state index in [4.69, 9.17) is 24.0 Å². The average Bonchev–Trinajstić information content (AvgIpc) is 3.37. The van der Waals surface area contributed by atoms with Gasteiger partial charge in [-0.15, -0.1) is 0 Å². The summed E-state index contributed by atoms with van der Waals surface area (Å²) < 4.78 is 22.9. The van der Waals surface area contributed by atoms with Gasteiger partial charge in [0.1, 0.15) is 0 Å². The van der Waals surface area contributed by atoms with E-state index in [2.05, 4.69) is 22.0 Å². The number of carbonyl (C=O) groups excluding carboxylic acids is 1. The van der Waals surface area contributed by atoms with Crippen LogP contribution in [0.5, 0.6) is 23.0 Å². The summed E-state index contributed by atoms with van der Waals surface area (Å²) in [4.78, 5) is 13.9. The Labute approximate surface area is 237 Å². The number of fused-ring (bicyclic) bond motifs is 1. The maximum atomic E-state index is 13.9. The van der Waals surface area contributed by atoms with Gasteiger partial charge in [-0.25, -0.2) is 5.01 Å². The molecule has 1 saturated carbocycles. The Bertz CT molecular complexity index is 1430. The Morgan fingerprint density at radius 2 is 1.51 bits per heavy atom. The Morgan fingerprint density at radius 1 is 0.872 bits per heavy atom. The first-order valence-corrected chi connectivity index (χ1v) is 13.6. The zero-order chi connectivity index (χ0) is 27.5. The number of nitrogens with zero attached hydrogens (tertiary/aromatic N) is 2. The topological polar surface area (TPSA) is 69.6 Å². The highest BCUT2D eigenvalue weighted by atomic mass is 79.9. The molecule has 1 amide bonds. The van der Waals surface area contributed by atoms with E-state index in [1.165, 1.54) is 0 Å². The van der Waals surface area contributed by atoms with Gasteiger partial charge in [0.05, 0.1) is 40.2 Å². The minimum Gasteiger partial charge on any atom is -0.493 e. The number of halogens is 1. The molecule has 1 heterocycles. The first kappa shape index (κ1) is 26.8. The van der Waals surface area contributed by atoms with E-state index in [0.717, 1.165) is 46.1 Å². The monoisotopic (exact) mass is 590 g/mol. The summed E-state index contributed by atoms with van der Waals surface area (Å²) in [5.41, 5.74) is 4.59. The number of allylic oxidation sites excluding steroid dienone is 1. The maximum absolute atomic E-state index is 13.9. The molecule has 2 atom stereocenters. The highest BCUT2D eigenvalue weighted by Crippen LogP contribution is 2.46. The molecule has 0 radical (unpaired) electrons. The molecule has 5 rings (SSSR count). The Balaban J connectivity index is 1.59. The highest BCUT2D eigenvalue weighted by molar-refractivity contribution is 9.10. The number of carbonyl (C=O) groups is 1. The minimum atomic E-state index is -0.273. The van der Waals surface area contributed by atoms with Crippen LogP contribution in [0.25, 0.3) is 6.08 Å². The lowest BCUT2D eigenvalue weighted by Crippen LogP contribution is -2.32. The molecule has 0 bridgehead atoms. The Kier molecular flexibility index (Phi) is 7.93. The second kappa shape index (κ2) is 11.5. The summed E-state index contributed by atoms with van der Waals surface area (Å²) in [7, 11) is 6.49. The van der Waals surface area contributed by atoms with Crippen LogP contribution in [0.3, 0.4) is 0 Å². The van der Waals surface area contributed by atoms with Crippen molar-refractivity contribution in [2.24, 2.45) is 11.0 Å². The molecule has 3 aromatic rings. The average molecular weight is 592 g/mol. The van der Waals surface area contributed by atoms with Gasteiger partial charge in [0.15, 0.2) is 23.0 Å². The molecule has 0 spiro atoms. The number of hydrogen-bond donors (Lipinski definition) is 0. The van der Waals surface area contributed by atoms with E-state index < -0.39 is 0 Å². The van der Waals surface area contributed by atoms with Crippen molar-refractivity contribution in [2.75, 3.05) is 28.4 Å². The molecule has 0 saturated heterocycles. The number of ether oxygens (including phenoxy) is 4. The van der Waals surface area contributed by atoms with Gasteiger partial charge in [-0.05, 0) is 90.6 Å². The number of amides is 1. The van der Waals surface area contributed by atoms with E-state index in [-0.39, 0.29) is 17.9 Å². The number of benzene rings is 3. The second-order valence-electron chi connectivity index (χ2n) is 9.48. The van der Waals surface area contributed by atoms with Crippen LogP contribution in [0.15, 0.2) is 75.8 Å². The molecule has 7 nitrogen and oxygen atoms in total. The summed E-state index contributed by atoms with van der Waals surface area (Å²) in [6.45, 7) is 0. The predicted molar refractivity (Wildman–Crippen MR) is 155 cm³/mol. The van der Waals surface area contributed by atoms with Crippen molar-refractivity contribution in [3.63, 3.8) is 0 Å². The molecular formula is C31H31BrN2O5. The van der Waals surface area contributed by atoms with Crippen LogP contribution < -0.4 is 18.9 Å². The van der Waals surface area contributed by atoms with Crippen molar-refractivity contribution in [3.05, 3.63) is 87.4 Å². The van der Waals surface area contributed by atoms with Crippen molar-refractivity contribution in [3.8, 4) is 23.0 Å². The van der Waals surface area contributed by atoms with Crippen molar-refractivity contribution in [2.45, 2.75) is 25.3 Å². The predicted octanol–water partition coefficient (Wildman–Crippen LogP) is 6.92. The van der Waals surface area contributed by atoms with Crippen LogP contribution in [-0.2, 0) is 0 Å². The lowest BCUT2D eigenvalue weighted by Gasteiger charge is -2.30. The van der Waals surface area contributed by atoms with Crippen LogP contribution in [0.1, 0.15) is 46.8 Å². The van der Waals surface area contributed by atoms with Gasteiger partial charge >= 0.3 is 0 Å². The summed E-state index contributed by atoms with van der Waals surface area (Å²) in [5.74, 6) is 2.51. The molecule has 202 valence electrons. The van der Waals surface area contributed by atoms with Gasteiger partial charge in [-0.1, -0.05) is 28.1 Å². The third kappa shape index (κ3) is 5.26. The minimum absolute atomic E-state index is 0.0441. The van der Waals surface area contributed by atoms with E-state index in [9.17, 15) is 4.79 Å². The van der Waals surface area contributed by atoms with Crippen molar-refractivity contribution >= 4 is 33.6 Å². The van der Waals surface area contributed by atoms with Gasteiger partial charge < -0.3 is 18.9 Å². The quantitative estimate of drug-likeness (QED) is 0.299. The standard InChI is InChI=1S/C31H31BrN2O5/c1-36-25-14-8-19(17-27(25)38-3)16-21-6-5-7-24-29(21)33-34(31(35)20-9-12-23(32)13-10-20)30(24)22-11-15-26(37-2)28(18-22)39-4/h8-18,24,30H,5-7H2,1-4H3/b21-16+. The highest BCUT2D eigenvalue weighted by Gasteiger charge is 2.44. The van der Waals surface area contributed by atoms with Gasteiger partial charge in [-0.2, -0.15) is 5.10 Å². The molecular weight excluding hydrogens is 560 g/mol. The number of hydrazone groups is 1. The van der Waals surface area contributed by atoms with Gasteiger partial charge in [0.2, 0.25) is 0 Å². The maximum Gasteiger partial charge on any atom is 0.274 e. The molecule has 0 N–H and O–H groups in total. The largest absolute Gasteiger partial charge is 0.493 e. The lowest BCUT2D eigenvalue weighted by atomic mass is 9.77. The Morgan fingerprint density at radius 3 is 2.18 bits per heavy atom. The zero-order valence-corrected chi connectivity index (χ0v) is 24.0. The molecule has 1 fully saturated rings. The number of rotatable bonds is 7. The van der Waals surface area contributed by atoms with Crippen molar-refractivity contribution < 1.29 is 23.7 Å². The van der Waals surface area contributed by atoms with Crippen molar-refractivity contribution in [1.82, 2.24) is 5.01 Å². The first-order chi connectivity index (χ1) is 19.0. The summed E-state index contributed by atoms with van der Waals surface area (Å²) in [5, 5.41) is 6.66. The van der Waals surface area contributed by atoms with E-state index >= 15 is 0 Å². The van der Waals surface area contributed by atoms with Crippen molar-refractivity contribution in [1.29, 1.82) is 0 Å². The third-order valence-electron chi connectivity index (χ3n) is 7.30. The lowest BCUT2D eigenvalue weighted by molar-refractivity contribution is 0.0680. The summed E-state index contributed by atoms with van der Waals surface area (Å²) in [6.07, 6.45) is 4.94. The number of methoxy groups -OCH3 is 4. The van der Waals surface area contributed by atoms with Crippen LogP contribution in [0.2, 0.25) is 0 Å². The third-order valence-corrected chi connectivity index (χ3v) is 7.83. The van der Waals surface area contributed by atoms with E-state index in [1.54, 1.807) is 33.4 Å². The van der Waals surface area contributed by atoms with Crippen LogP contribution >= 0.6 is 15.9 Å². The fraction of sp³-hybridized carbons (Fsp3) is 0.290. The molecule has 3 aromatic carbocycles. The van der Waals surface area contributed by atoms with Crippen LogP contribution in [0.4, 0.5) is 0 Å². The number of hydrogen-bond acceptors (Lipinski definition) is 6. The molecule has 1 aliphatic carbocycles. The van der Waals surface area contributed by atoms with E-state index in [0.29, 0.717) is 28.6 Å². The fourth-order valence-corrected chi connectivity index (χ4v) is 5.67. The van der Waals surface area contributed by atoms with Gasteiger partial charge in [-0.3, -0.25) is 4.79 Å². The molecule has 0 aromatic heterocycles. The summed E-state index contributed by atoms with van der Waals surface area (Å²) >= 11 is 3.46. The Hall–Kier alpha value is -3.78. The molecule has 39 heavy (non-hydrogen) atoms. The van der Waals surface area contributed by atoms with E-state index in [1.807, 2.05) is 60.7 Å². The van der Waals surface area contributed by atoms with Gasteiger partial charge in [0, 0.05) is 16.0 Å². The smallest absolute Gasteiger partial charge is 0.274 e. The molecule has 2 aliphatic rings. The molecule has 8 heteroatoms. The fourth-order valence-electron chi connectivity index (χ4n) is 5.41.